The van der Waals surface area contributed by atoms with Crippen LogP contribution in [0, 0.1) is 0 Å². The Morgan fingerprint density at radius 1 is 1.20 bits per heavy atom. The summed E-state index contributed by atoms with van der Waals surface area (Å²) in [5, 5.41) is 0. The van der Waals surface area contributed by atoms with Gasteiger partial charge in [0.1, 0.15) is 0 Å². The second kappa shape index (κ2) is 21.1. The molecule has 0 aliphatic rings. The molecule has 5 heavy (non-hydrogen) atoms. The average molecular weight is 149 g/mol. The smallest absolute Gasteiger partial charge is 0.274 e. The predicted octanol–water partition coefficient (Wildman–Crippen LogP) is -1.80. The molecule has 2 nitrogen and oxygen atoms in total. The zero-order chi connectivity index (χ0) is 2.71. The first kappa shape index (κ1) is 17.0. The van der Waals surface area contributed by atoms with Gasteiger partial charge in [0.05, 0.1) is 0 Å². The van der Waals surface area contributed by atoms with Crippen molar-refractivity contribution < 1.29 is 25.4 Å². The quantitative estimate of drug-likeness (QED) is 0.380. The second-order valence-electron chi connectivity index (χ2n) is 0.0833. The number of hydrogen-bond donors (Lipinski definition) is 0. The van der Waals surface area contributed by atoms with Crippen molar-refractivity contribution in [1.29, 1.82) is 0 Å². The predicted molar refractivity (Wildman–Crippen MR) is 17.1 cm³/mol. The van der Waals surface area contributed by atoms with Crippen molar-refractivity contribution in [3.05, 3.63) is 0 Å². The van der Waals surface area contributed by atoms with E-state index >= 15 is 0 Å². The Kier molecular flexibility index (Phi) is 71.4. The van der Waals surface area contributed by atoms with E-state index in [-0.39, 0.29) is 33.9 Å². The van der Waals surface area contributed by atoms with E-state index in [0.717, 1.165) is 0 Å². The standard InChI is InChI=1S/Al.Ni.O2Si.3H/c;;1-3-2;;;. The summed E-state index contributed by atoms with van der Waals surface area (Å²) in [5.74, 6) is 0. The van der Waals surface area contributed by atoms with E-state index in [2.05, 4.69) is 0 Å². The molecule has 0 saturated carbocycles. The molecule has 0 aromatic rings. The SMILES string of the molecule is O=[Si]=O.[AlH3].[Ni]. The van der Waals surface area contributed by atoms with Gasteiger partial charge in [-0.15, -0.1) is 0 Å². The first-order valence-electron chi connectivity index (χ1n) is 0.408. The molecule has 5 heteroatoms. The third-order valence-corrected chi connectivity index (χ3v) is 0. The van der Waals surface area contributed by atoms with Gasteiger partial charge in [-0.1, -0.05) is 0 Å². The van der Waals surface area contributed by atoms with Gasteiger partial charge < -0.3 is 0 Å². The van der Waals surface area contributed by atoms with Gasteiger partial charge in [-0.05, 0) is 0 Å². The summed E-state index contributed by atoms with van der Waals surface area (Å²) in [4.78, 5) is 0. The van der Waals surface area contributed by atoms with Crippen molar-refractivity contribution in [1.82, 2.24) is 0 Å². The fourth-order valence-electron chi connectivity index (χ4n) is 0. The van der Waals surface area contributed by atoms with E-state index in [0.29, 0.717) is 0 Å². The third kappa shape index (κ3) is 55.1. The molecule has 0 aliphatic carbocycles. The number of rotatable bonds is 0. The fourth-order valence-corrected chi connectivity index (χ4v) is 0. The Hall–Kier alpha value is 0.843. The van der Waals surface area contributed by atoms with Gasteiger partial charge in [-0.25, -0.2) is 0 Å². The molecule has 0 unspecified atom stereocenters. The normalized spacial score (nSPS) is 1.60. The van der Waals surface area contributed by atoms with E-state index in [1.54, 1.807) is 0 Å². The van der Waals surface area contributed by atoms with Gasteiger partial charge >= 0.3 is 9.29 Å². The third-order valence-electron chi connectivity index (χ3n) is 0. The largest absolute Gasteiger partial charge is 0.549 e. The zero-order valence-electron chi connectivity index (χ0n) is 1.63. The molecule has 0 aromatic carbocycles. The summed E-state index contributed by atoms with van der Waals surface area (Å²) in [6.45, 7) is 0. The fraction of sp³-hybridized carbons (Fsp3) is 0. The molecule has 0 fully saturated rings. The van der Waals surface area contributed by atoms with E-state index < -0.39 is 9.29 Å². The summed E-state index contributed by atoms with van der Waals surface area (Å²) in [6.07, 6.45) is 0. The van der Waals surface area contributed by atoms with E-state index in [1.807, 2.05) is 0 Å². The monoisotopic (exact) mass is 148 g/mol. The van der Waals surface area contributed by atoms with Crippen molar-refractivity contribution in [2.75, 3.05) is 0 Å². The zero-order valence-corrected chi connectivity index (χ0v) is 3.62. The Balaban J connectivity index is -0.0000000200. The topological polar surface area (TPSA) is 34.1 Å². The summed E-state index contributed by atoms with van der Waals surface area (Å²) in [7, 11) is -1.42. The number of hydrogen-bond acceptors (Lipinski definition) is 2. The summed E-state index contributed by atoms with van der Waals surface area (Å²) < 4.78 is 16.8. The molecule has 0 bridgehead atoms. The minimum absolute atomic E-state index is 0. The first-order valence-corrected chi connectivity index (χ1v) is 1.22. The first-order chi connectivity index (χ1) is 1.41. The van der Waals surface area contributed by atoms with Crippen LogP contribution in [0.25, 0.3) is 0 Å². The van der Waals surface area contributed by atoms with Crippen LogP contribution in [0.1, 0.15) is 0 Å². The molecule has 0 atom stereocenters. The molecule has 0 N–H and O–H groups in total. The molecule has 0 rings (SSSR count). The van der Waals surface area contributed by atoms with Crippen molar-refractivity contribution in [3.8, 4) is 0 Å². The van der Waals surface area contributed by atoms with Crippen LogP contribution in [-0.2, 0) is 25.4 Å². The Labute approximate surface area is 52.3 Å². The van der Waals surface area contributed by atoms with Crippen LogP contribution < -0.4 is 0 Å². The average Bonchev–Trinajstić information content (AvgIpc) is 0.918. The minimum atomic E-state index is -1.42. The molecule has 0 saturated heterocycles. The molecule has 0 radical (unpaired) electrons. The molecule has 0 aromatic heterocycles. The van der Waals surface area contributed by atoms with Gasteiger partial charge in [-0.3, -0.25) is 8.92 Å². The molecule has 0 amide bonds. The molecule has 0 aliphatic heterocycles. The van der Waals surface area contributed by atoms with Crippen LogP contribution >= 0.6 is 0 Å². The van der Waals surface area contributed by atoms with Crippen LogP contribution in [0.15, 0.2) is 0 Å². The maximum absolute atomic E-state index is 8.40. The maximum Gasteiger partial charge on any atom is 0.549 e. The van der Waals surface area contributed by atoms with E-state index in [9.17, 15) is 0 Å². The molecule has 32 valence electrons. The van der Waals surface area contributed by atoms with Crippen LogP contribution in [0.5, 0.6) is 0 Å². The Morgan fingerprint density at radius 3 is 1.20 bits per heavy atom. The van der Waals surface area contributed by atoms with Crippen molar-refractivity contribution in [2.24, 2.45) is 0 Å². The Bertz CT molecular complexity index is 30.6. The minimum Gasteiger partial charge on any atom is -0.274 e. The Morgan fingerprint density at radius 2 is 1.20 bits per heavy atom. The van der Waals surface area contributed by atoms with Crippen LogP contribution in [0.3, 0.4) is 0 Å². The van der Waals surface area contributed by atoms with Crippen LogP contribution in [0.4, 0.5) is 0 Å². The van der Waals surface area contributed by atoms with Crippen molar-refractivity contribution >= 4 is 26.7 Å². The molecular formula is H3AlNiO2Si. The van der Waals surface area contributed by atoms with E-state index in [1.165, 1.54) is 0 Å². The maximum atomic E-state index is 8.40. The van der Waals surface area contributed by atoms with Gasteiger partial charge in [0, 0.05) is 16.5 Å². The van der Waals surface area contributed by atoms with Crippen LogP contribution in [0.2, 0.25) is 0 Å². The second-order valence-corrected chi connectivity index (χ2v) is 0.250. The molecular weight excluding hydrogens is 146 g/mol. The molecule has 0 spiro atoms. The summed E-state index contributed by atoms with van der Waals surface area (Å²) in [6, 6.07) is 0. The van der Waals surface area contributed by atoms with Gasteiger partial charge in [0.15, 0.2) is 17.4 Å². The molecule has 0 heterocycles. The van der Waals surface area contributed by atoms with Gasteiger partial charge in [0.2, 0.25) is 0 Å². The van der Waals surface area contributed by atoms with Gasteiger partial charge in [-0.2, -0.15) is 0 Å². The van der Waals surface area contributed by atoms with Crippen molar-refractivity contribution in [2.45, 2.75) is 0 Å². The van der Waals surface area contributed by atoms with Crippen molar-refractivity contribution in [3.63, 3.8) is 0 Å². The van der Waals surface area contributed by atoms with E-state index in [4.69, 9.17) is 8.92 Å². The summed E-state index contributed by atoms with van der Waals surface area (Å²) >= 11 is 0. The van der Waals surface area contributed by atoms with Gasteiger partial charge in [0.25, 0.3) is 0 Å². The van der Waals surface area contributed by atoms with Crippen LogP contribution in [-0.4, -0.2) is 26.7 Å². The summed E-state index contributed by atoms with van der Waals surface area (Å²) in [5.41, 5.74) is 0.